The fourth-order valence-corrected chi connectivity index (χ4v) is 2.64. The van der Waals surface area contributed by atoms with Gasteiger partial charge in [0.25, 0.3) is 11.8 Å². The summed E-state index contributed by atoms with van der Waals surface area (Å²) < 4.78 is 0. The van der Waals surface area contributed by atoms with Crippen molar-refractivity contribution < 1.29 is 9.59 Å². The Kier molecular flexibility index (Phi) is 4.40. The summed E-state index contributed by atoms with van der Waals surface area (Å²) in [6.45, 7) is 0. The molecule has 24 heavy (non-hydrogen) atoms. The van der Waals surface area contributed by atoms with Crippen molar-refractivity contribution in [2.24, 2.45) is 0 Å². The highest BCUT2D eigenvalue weighted by Crippen LogP contribution is 2.17. The number of hydrogen-bond acceptors (Lipinski definition) is 4. The van der Waals surface area contributed by atoms with Crippen molar-refractivity contribution in [3.63, 3.8) is 0 Å². The smallest absolute Gasteiger partial charge is 0.272 e. The van der Waals surface area contributed by atoms with E-state index in [1.807, 2.05) is 17.5 Å². The molecule has 3 aromatic rings. The van der Waals surface area contributed by atoms with Gasteiger partial charge in [-0.2, -0.15) is 5.26 Å². The van der Waals surface area contributed by atoms with E-state index >= 15 is 0 Å². The molecule has 0 saturated carbocycles. The van der Waals surface area contributed by atoms with Gasteiger partial charge in [0.2, 0.25) is 0 Å². The molecule has 0 aliphatic rings. The van der Waals surface area contributed by atoms with Crippen molar-refractivity contribution in [2.75, 3.05) is 10.6 Å². The molecule has 1 aromatic carbocycles. The monoisotopic (exact) mass is 336 g/mol. The Balaban J connectivity index is 1.63. The summed E-state index contributed by atoms with van der Waals surface area (Å²) in [7, 11) is 0. The molecule has 3 N–H and O–H groups in total. The van der Waals surface area contributed by atoms with Crippen LogP contribution in [0.2, 0.25) is 0 Å². The lowest BCUT2D eigenvalue weighted by molar-refractivity contribution is 0.101. The highest BCUT2D eigenvalue weighted by Gasteiger charge is 2.10. The first-order chi connectivity index (χ1) is 11.7. The van der Waals surface area contributed by atoms with Crippen LogP contribution in [0.15, 0.2) is 54.0 Å². The molecule has 2 aromatic heterocycles. The highest BCUT2D eigenvalue weighted by atomic mass is 32.1. The van der Waals surface area contributed by atoms with Gasteiger partial charge in [-0.15, -0.1) is 11.3 Å². The number of amides is 2. The summed E-state index contributed by atoms with van der Waals surface area (Å²) in [5, 5.41) is 16.1. The van der Waals surface area contributed by atoms with Gasteiger partial charge in [0.15, 0.2) is 0 Å². The Bertz CT molecular complexity index is 905. The van der Waals surface area contributed by atoms with E-state index in [1.165, 1.54) is 23.6 Å². The molecule has 0 bridgehead atoms. The number of rotatable bonds is 4. The number of nitrogens with zero attached hydrogens (tertiary/aromatic N) is 1. The number of aromatic amines is 1. The van der Waals surface area contributed by atoms with Crippen molar-refractivity contribution in [2.45, 2.75) is 0 Å². The molecule has 7 heteroatoms. The van der Waals surface area contributed by atoms with Crippen molar-refractivity contribution >= 4 is 34.5 Å². The lowest BCUT2D eigenvalue weighted by Gasteiger charge is -2.07. The minimum Gasteiger partial charge on any atom is -0.356 e. The number of thiophene rings is 1. The molecule has 2 amide bonds. The van der Waals surface area contributed by atoms with Crippen LogP contribution in [0.25, 0.3) is 0 Å². The van der Waals surface area contributed by atoms with Gasteiger partial charge >= 0.3 is 0 Å². The van der Waals surface area contributed by atoms with Crippen molar-refractivity contribution in [1.82, 2.24) is 4.98 Å². The van der Waals surface area contributed by atoms with E-state index in [-0.39, 0.29) is 11.8 Å². The molecule has 0 unspecified atom stereocenters. The SMILES string of the molecule is N#Cc1c[nH]c(C(=O)Nc2ccc(NC(=O)c3cccs3)cc2)c1. The van der Waals surface area contributed by atoms with Crippen LogP contribution in [0.1, 0.15) is 25.7 Å². The molecule has 2 heterocycles. The van der Waals surface area contributed by atoms with E-state index in [9.17, 15) is 9.59 Å². The van der Waals surface area contributed by atoms with E-state index in [2.05, 4.69) is 15.6 Å². The molecular weight excluding hydrogens is 324 g/mol. The van der Waals surface area contributed by atoms with E-state index in [0.29, 0.717) is 27.5 Å². The molecule has 3 rings (SSSR count). The molecule has 0 aliphatic carbocycles. The molecule has 0 atom stereocenters. The Hall–Kier alpha value is -3.37. The van der Waals surface area contributed by atoms with Gasteiger partial charge in [0.1, 0.15) is 11.8 Å². The van der Waals surface area contributed by atoms with E-state index < -0.39 is 0 Å². The normalized spacial score (nSPS) is 9.96. The number of anilines is 2. The second-order valence-corrected chi connectivity index (χ2v) is 5.82. The number of nitriles is 1. The Labute approximate surface area is 141 Å². The van der Waals surface area contributed by atoms with Crippen LogP contribution in [-0.4, -0.2) is 16.8 Å². The van der Waals surface area contributed by atoms with Gasteiger partial charge in [0, 0.05) is 17.6 Å². The maximum absolute atomic E-state index is 12.0. The van der Waals surface area contributed by atoms with Gasteiger partial charge in [0.05, 0.1) is 10.4 Å². The predicted molar refractivity (Wildman–Crippen MR) is 92.2 cm³/mol. The zero-order valence-corrected chi connectivity index (χ0v) is 13.2. The molecule has 118 valence electrons. The maximum atomic E-state index is 12.0. The van der Waals surface area contributed by atoms with E-state index in [0.717, 1.165) is 0 Å². The zero-order chi connectivity index (χ0) is 16.9. The van der Waals surface area contributed by atoms with Crippen molar-refractivity contribution in [3.8, 4) is 6.07 Å². The Morgan fingerprint density at radius 2 is 1.71 bits per heavy atom. The number of benzene rings is 1. The average molecular weight is 336 g/mol. The quantitative estimate of drug-likeness (QED) is 0.680. The van der Waals surface area contributed by atoms with Crippen molar-refractivity contribution in [3.05, 3.63) is 70.2 Å². The summed E-state index contributed by atoms with van der Waals surface area (Å²) >= 11 is 1.37. The maximum Gasteiger partial charge on any atom is 0.272 e. The second kappa shape index (κ2) is 6.81. The number of H-pyrrole nitrogens is 1. The number of aromatic nitrogens is 1. The van der Waals surface area contributed by atoms with Gasteiger partial charge < -0.3 is 15.6 Å². The predicted octanol–water partition coefficient (Wildman–Crippen LogP) is 3.45. The fraction of sp³-hybridized carbons (Fsp3) is 0. The molecule has 0 radical (unpaired) electrons. The third kappa shape index (κ3) is 3.51. The summed E-state index contributed by atoms with van der Waals surface area (Å²) in [6.07, 6.45) is 1.47. The van der Waals surface area contributed by atoms with Gasteiger partial charge in [-0.3, -0.25) is 9.59 Å². The molecule has 0 saturated heterocycles. The molecule has 6 nitrogen and oxygen atoms in total. The van der Waals surface area contributed by atoms with Crippen molar-refractivity contribution in [1.29, 1.82) is 5.26 Å². The lowest BCUT2D eigenvalue weighted by Crippen LogP contribution is -2.13. The zero-order valence-electron chi connectivity index (χ0n) is 12.4. The minimum absolute atomic E-state index is 0.169. The van der Waals surface area contributed by atoms with Crippen LogP contribution < -0.4 is 10.6 Å². The summed E-state index contributed by atoms with van der Waals surface area (Å²) in [5.41, 5.74) is 1.92. The van der Waals surface area contributed by atoms with Crippen LogP contribution in [-0.2, 0) is 0 Å². The summed E-state index contributed by atoms with van der Waals surface area (Å²) in [6, 6.07) is 13.8. The second-order valence-electron chi connectivity index (χ2n) is 4.88. The number of hydrogen-bond donors (Lipinski definition) is 3. The van der Waals surface area contributed by atoms with Crippen LogP contribution in [0.5, 0.6) is 0 Å². The molecule has 0 spiro atoms. The largest absolute Gasteiger partial charge is 0.356 e. The topological polar surface area (TPSA) is 97.8 Å². The van der Waals surface area contributed by atoms with Gasteiger partial charge in [-0.05, 0) is 41.8 Å². The third-order valence-electron chi connectivity index (χ3n) is 3.20. The first-order valence-corrected chi connectivity index (χ1v) is 7.88. The highest BCUT2D eigenvalue weighted by molar-refractivity contribution is 7.12. The minimum atomic E-state index is -0.341. The van der Waals surface area contributed by atoms with Crippen LogP contribution in [0.3, 0.4) is 0 Å². The number of carbonyl (C=O) groups is 2. The Morgan fingerprint density at radius 3 is 2.25 bits per heavy atom. The van der Waals surface area contributed by atoms with Crippen LogP contribution in [0.4, 0.5) is 11.4 Å². The molecule has 0 aliphatic heterocycles. The van der Waals surface area contributed by atoms with Gasteiger partial charge in [-0.1, -0.05) is 6.07 Å². The molecular formula is C17H12N4O2S. The van der Waals surface area contributed by atoms with Gasteiger partial charge in [-0.25, -0.2) is 0 Å². The fourth-order valence-electron chi connectivity index (χ4n) is 2.03. The number of carbonyl (C=O) groups excluding carboxylic acids is 2. The number of nitrogens with one attached hydrogen (secondary N) is 3. The first-order valence-electron chi connectivity index (χ1n) is 7.00. The summed E-state index contributed by atoms with van der Waals surface area (Å²) in [5.74, 6) is -0.510. The van der Waals surface area contributed by atoms with E-state index in [4.69, 9.17) is 5.26 Å². The van der Waals surface area contributed by atoms with Crippen LogP contribution in [0, 0.1) is 11.3 Å². The van der Waals surface area contributed by atoms with Crippen LogP contribution >= 0.6 is 11.3 Å². The standard InChI is InChI=1S/C17H12N4O2S/c18-9-11-8-14(19-10-11)16(22)20-12-3-5-13(6-4-12)21-17(23)15-2-1-7-24-15/h1-8,10,19H,(H,20,22)(H,21,23). The summed E-state index contributed by atoms with van der Waals surface area (Å²) in [4.78, 5) is 27.4. The third-order valence-corrected chi connectivity index (χ3v) is 4.07. The van der Waals surface area contributed by atoms with E-state index in [1.54, 1.807) is 30.3 Å². The average Bonchev–Trinajstić information content (AvgIpc) is 3.28. The molecule has 0 fully saturated rings. The first kappa shape index (κ1) is 15.5. The Morgan fingerprint density at radius 1 is 1.04 bits per heavy atom. The lowest BCUT2D eigenvalue weighted by atomic mass is 10.2.